The van der Waals surface area contributed by atoms with Gasteiger partial charge in [0.05, 0.1) is 16.3 Å². The molecule has 1 aliphatic heterocycles. The van der Waals surface area contributed by atoms with E-state index in [9.17, 15) is 13.9 Å². The molecule has 0 saturated heterocycles. The third kappa shape index (κ3) is 3.26. The lowest BCUT2D eigenvalue weighted by molar-refractivity contribution is -0.286. The number of ether oxygens (including phenoxy) is 2. The van der Waals surface area contributed by atoms with Crippen molar-refractivity contribution in [2.24, 2.45) is 0 Å². The average molecular weight is 420 g/mol. The minimum Gasteiger partial charge on any atom is -0.397 e. The summed E-state index contributed by atoms with van der Waals surface area (Å²) < 4.78 is 35.1. The number of aromatic nitrogens is 2. The quantitative estimate of drug-likeness (QED) is 0.557. The van der Waals surface area contributed by atoms with Gasteiger partial charge in [0.1, 0.15) is 11.1 Å². The first-order valence-corrected chi connectivity index (χ1v) is 10.1. The summed E-state index contributed by atoms with van der Waals surface area (Å²) in [6.45, 7) is 0.223. The molecule has 1 atom stereocenters. The first kappa shape index (κ1) is 18.5. The summed E-state index contributed by atoms with van der Waals surface area (Å²) >= 11 is 1.30. The highest BCUT2D eigenvalue weighted by Gasteiger charge is 2.43. The molecule has 1 unspecified atom stereocenters. The van der Waals surface area contributed by atoms with Crippen LogP contribution in [-0.2, 0) is 19.4 Å². The number of hydrogen-bond acceptors (Lipinski definition) is 8. The summed E-state index contributed by atoms with van der Waals surface area (Å²) in [7, 11) is 0. The maximum absolute atomic E-state index is 13.1. The zero-order chi connectivity index (χ0) is 20.2. The van der Waals surface area contributed by atoms with Crippen LogP contribution in [0, 0.1) is 0 Å². The third-order valence-electron chi connectivity index (χ3n) is 5.17. The van der Waals surface area contributed by atoms with Gasteiger partial charge in [-0.3, -0.25) is 5.32 Å². The van der Waals surface area contributed by atoms with Crippen molar-refractivity contribution in [1.29, 1.82) is 0 Å². The Kier molecular flexibility index (Phi) is 4.30. The fourth-order valence-electron chi connectivity index (χ4n) is 3.80. The maximum atomic E-state index is 13.1. The molecule has 0 spiro atoms. The van der Waals surface area contributed by atoms with E-state index in [1.165, 1.54) is 23.5 Å². The molecule has 5 rings (SSSR count). The van der Waals surface area contributed by atoms with Crippen LogP contribution >= 0.6 is 11.3 Å². The SMILES string of the molecule is Nc1c(C(O)NCc2ccc3c(c2)OC(F)(F)O3)sc2nnc3c(c12)CCCC3. The van der Waals surface area contributed by atoms with E-state index in [0.29, 0.717) is 21.0 Å². The highest BCUT2D eigenvalue weighted by Crippen LogP contribution is 2.42. The fourth-order valence-corrected chi connectivity index (χ4v) is 4.83. The smallest absolute Gasteiger partial charge is 0.397 e. The molecule has 3 aromatic rings. The van der Waals surface area contributed by atoms with Gasteiger partial charge in [-0.2, -0.15) is 5.10 Å². The van der Waals surface area contributed by atoms with Crippen LogP contribution in [0.25, 0.3) is 10.2 Å². The largest absolute Gasteiger partial charge is 0.586 e. The number of rotatable bonds is 4. The molecule has 3 heterocycles. The van der Waals surface area contributed by atoms with E-state index in [4.69, 9.17) is 5.73 Å². The van der Waals surface area contributed by atoms with Crippen LogP contribution in [0.2, 0.25) is 0 Å². The van der Waals surface area contributed by atoms with Gasteiger partial charge in [-0.1, -0.05) is 6.07 Å². The van der Waals surface area contributed by atoms with Gasteiger partial charge < -0.3 is 20.3 Å². The van der Waals surface area contributed by atoms with Gasteiger partial charge in [0.25, 0.3) is 0 Å². The van der Waals surface area contributed by atoms with Crippen molar-refractivity contribution < 1.29 is 23.4 Å². The lowest BCUT2D eigenvalue weighted by Crippen LogP contribution is -2.25. The molecule has 0 bridgehead atoms. The second-order valence-corrected chi connectivity index (χ2v) is 8.16. The number of nitrogens with zero attached hydrogens (tertiary/aromatic N) is 2. The zero-order valence-electron chi connectivity index (χ0n) is 15.2. The second-order valence-electron chi connectivity index (χ2n) is 7.12. The molecule has 7 nitrogen and oxygen atoms in total. The molecule has 1 aliphatic carbocycles. The monoisotopic (exact) mass is 420 g/mol. The fraction of sp³-hybridized carbons (Fsp3) is 0.368. The van der Waals surface area contributed by atoms with Crippen molar-refractivity contribution in [3.05, 3.63) is 39.9 Å². The van der Waals surface area contributed by atoms with Crippen LogP contribution in [0.3, 0.4) is 0 Å². The Labute approximate surface area is 168 Å². The summed E-state index contributed by atoms with van der Waals surface area (Å²) in [4.78, 5) is 1.28. The molecule has 152 valence electrons. The standard InChI is InChI=1S/C19H18F2N4O3S/c20-19(21)27-12-6-5-9(7-13(12)28-19)8-23-17(26)16-15(22)14-10-3-1-2-4-11(10)24-25-18(14)29-16/h5-7,17,23,26H,1-4,8,22H2. The van der Waals surface area contributed by atoms with Crippen molar-refractivity contribution in [2.75, 3.05) is 5.73 Å². The van der Waals surface area contributed by atoms with E-state index in [1.807, 2.05) is 0 Å². The molecule has 0 radical (unpaired) electrons. The number of fused-ring (bicyclic) bond motifs is 4. The van der Waals surface area contributed by atoms with E-state index in [0.717, 1.165) is 42.3 Å². The minimum absolute atomic E-state index is 0.0172. The number of aryl methyl sites for hydroxylation is 2. The second kappa shape index (κ2) is 6.75. The van der Waals surface area contributed by atoms with Crippen LogP contribution in [0.4, 0.5) is 14.5 Å². The Bertz CT molecular complexity index is 1100. The maximum Gasteiger partial charge on any atom is 0.586 e. The lowest BCUT2D eigenvalue weighted by Gasteiger charge is -2.15. The van der Waals surface area contributed by atoms with E-state index in [-0.39, 0.29) is 18.0 Å². The molecule has 1 aromatic carbocycles. The summed E-state index contributed by atoms with van der Waals surface area (Å²) in [6, 6.07) is 4.49. The van der Waals surface area contributed by atoms with Crippen molar-refractivity contribution in [1.82, 2.24) is 15.5 Å². The molecule has 2 aliphatic rings. The predicted octanol–water partition coefficient (Wildman–Crippen LogP) is 3.25. The van der Waals surface area contributed by atoms with Crippen LogP contribution in [-0.4, -0.2) is 21.6 Å². The number of nitrogens with two attached hydrogens (primary N) is 1. The van der Waals surface area contributed by atoms with E-state index >= 15 is 0 Å². The van der Waals surface area contributed by atoms with Crippen LogP contribution < -0.4 is 20.5 Å². The van der Waals surface area contributed by atoms with E-state index < -0.39 is 12.5 Å². The van der Waals surface area contributed by atoms with Gasteiger partial charge in [0.2, 0.25) is 0 Å². The number of benzene rings is 1. The Hall–Kier alpha value is -2.56. The normalized spacial score (nSPS) is 18.0. The van der Waals surface area contributed by atoms with Crippen LogP contribution in [0.5, 0.6) is 11.5 Å². The number of alkyl halides is 2. The molecule has 29 heavy (non-hydrogen) atoms. The van der Waals surface area contributed by atoms with Gasteiger partial charge in [0.15, 0.2) is 11.5 Å². The van der Waals surface area contributed by atoms with Crippen molar-refractivity contribution in [2.45, 2.75) is 44.8 Å². The zero-order valence-corrected chi connectivity index (χ0v) is 16.1. The summed E-state index contributed by atoms with van der Waals surface area (Å²) in [5.74, 6) is -0.0523. The summed E-state index contributed by atoms with van der Waals surface area (Å²) in [5.41, 5.74) is 9.65. The number of thiophene rings is 1. The molecule has 2 aromatic heterocycles. The van der Waals surface area contributed by atoms with E-state index in [1.54, 1.807) is 6.07 Å². The predicted molar refractivity (Wildman–Crippen MR) is 103 cm³/mol. The molecule has 0 saturated carbocycles. The topological polar surface area (TPSA) is 103 Å². The Balaban J connectivity index is 1.36. The highest BCUT2D eigenvalue weighted by molar-refractivity contribution is 7.19. The first-order chi connectivity index (χ1) is 13.9. The number of halogens is 2. The van der Waals surface area contributed by atoms with Gasteiger partial charge >= 0.3 is 6.29 Å². The molecule has 0 amide bonds. The first-order valence-electron chi connectivity index (χ1n) is 9.28. The number of nitrogens with one attached hydrogen (secondary N) is 1. The van der Waals surface area contributed by atoms with Gasteiger partial charge in [0, 0.05) is 11.9 Å². The van der Waals surface area contributed by atoms with Gasteiger partial charge in [-0.25, -0.2) is 0 Å². The van der Waals surface area contributed by atoms with Gasteiger partial charge in [-0.15, -0.1) is 25.2 Å². The molecular weight excluding hydrogens is 402 g/mol. The molecule has 4 N–H and O–H groups in total. The number of hydrogen-bond donors (Lipinski definition) is 3. The van der Waals surface area contributed by atoms with Crippen LogP contribution in [0.1, 0.15) is 40.8 Å². The summed E-state index contributed by atoms with van der Waals surface area (Å²) in [6.07, 6.45) is -0.696. The Morgan fingerprint density at radius 3 is 2.86 bits per heavy atom. The van der Waals surface area contributed by atoms with Crippen molar-refractivity contribution in [3.63, 3.8) is 0 Å². The molecule has 0 fully saturated rings. The molecular formula is C19H18F2N4O3S. The number of aliphatic hydroxyl groups excluding tert-OH is 1. The molecule has 10 heteroatoms. The van der Waals surface area contributed by atoms with Crippen molar-refractivity contribution in [3.8, 4) is 11.5 Å². The number of aliphatic hydroxyl groups is 1. The van der Waals surface area contributed by atoms with Gasteiger partial charge in [-0.05, 0) is 48.9 Å². The average Bonchev–Trinajstić information content (AvgIpc) is 3.20. The van der Waals surface area contributed by atoms with Crippen molar-refractivity contribution >= 4 is 27.2 Å². The minimum atomic E-state index is -3.65. The summed E-state index contributed by atoms with van der Waals surface area (Å²) in [5, 5.41) is 23.1. The number of nitrogen functional groups attached to an aromatic ring is 1. The van der Waals surface area contributed by atoms with Crippen LogP contribution in [0.15, 0.2) is 18.2 Å². The van der Waals surface area contributed by atoms with E-state index in [2.05, 4.69) is 25.0 Å². The Morgan fingerprint density at radius 2 is 2.00 bits per heavy atom. The Morgan fingerprint density at radius 1 is 1.21 bits per heavy atom. The third-order valence-corrected chi connectivity index (χ3v) is 6.31. The lowest BCUT2D eigenvalue weighted by atomic mass is 9.94. The highest BCUT2D eigenvalue weighted by atomic mass is 32.1. The number of anilines is 1.